The molecular weight excluding hydrogens is 348 g/mol. The summed E-state index contributed by atoms with van der Waals surface area (Å²) in [6.07, 6.45) is 0. The molecule has 1 aromatic heterocycles. The van der Waals surface area contributed by atoms with Gasteiger partial charge in [0.1, 0.15) is 17.3 Å². The Bertz CT molecular complexity index is 1080. The molecule has 3 aromatic rings. The van der Waals surface area contributed by atoms with Crippen LogP contribution in [-0.2, 0) is 0 Å². The highest BCUT2D eigenvalue weighted by Crippen LogP contribution is 2.33. The second kappa shape index (κ2) is 7.20. The number of hydrogen-bond acceptors (Lipinski definition) is 6. The second-order valence-electron chi connectivity index (χ2n) is 5.74. The van der Waals surface area contributed by atoms with E-state index in [0.29, 0.717) is 17.9 Å². The first-order valence-corrected chi connectivity index (χ1v) is 8.17. The van der Waals surface area contributed by atoms with Crippen molar-refractivity contribution in [3.05, 3.63) is 58.4 Å². The molecule has 0 saturated carbocycles. The Labute approximate surface area is 154 Å². The number of aromatic amines is 1. The van der Waals surface area contributed by atoms with Gasteiger partial charge in [0.25, 0.3) is 5.56 Å². The summed E-state index contributed by atoms with van der Waals surface area (Å²) in [5.74, 6) is -0.351. The van der Waals surface area contributed by atoms with Gasteiger partial charge in [0.2, 0.25) is 0 Å². The summed E-state index contributed by atoms with van der Waals surface area (Å²) in [7, 11) is 0. The van der Waals surface area contributed by atoms with E-state index in [-0.39, 0.29) is 22.9 Å². The molecule has 0 radical (unpaired) electrons. The Morgan fingerprint density at radius 1 is 1.19 bits per heavy atom. The molecule has 0 saturated heterocycles. The van der Waals surface area contributed by atoms with E-state index in [1.54, 1.807) is 36.4 Å². The van der Waals surface area contributed by atoms with E-state index >= 15 is 0 Å². The maximum Gasteiger partial charge on any atom is 0.335 e. The molecule has 6 N–H and O–H groups in total. The molecule has 1 heterocycles. The molecule has 0 aliphatic heterocycles. The number of nitrogens with one attached hydrogen (secondary N) is 1. The summed E-state index contributed by atoms with van der Waals surface area (Å²) in [5.41, 5.74) is 12.8. The predicted molar refractivity (Wildman–Crippen MR) is 103 cm³/mol. The van der Waals surface area contributed by atoms with Gasteiger partial charge in [0.15, 0.2) is 5.82 Å². The van der Waals surface area contributed by atoms with Gasteiger partial charge in [-0.2, -0.15) is 0 Å². The van der Waals surface area contributed by atoms with Crippen molar-refractivity contribution in [3.63, 3.8) is 0 Å². The summed E-state index contributed by atoms with van der Waals surface area (Å²) in [6.45, 7) is 2.22. The summed E-state index contributed by atoms with van der Waals surface area (Å²) >= 11 is 0. The maximum atomic E-state index is 11.9. The number of aromatic carboxylic acids is 1. The van der Waals surface area contributed by atoms with Gasteiger partial charge in [0.05, 0.1) is 17.7 Å². The molecule has 0 fully saturated rings. The number of carbonyl (C=O) groups is 1. The van der Waals surface area contributed by atoms with Crippen LogP contribution >= 0.6 is 0 Å². The number of ether oxygens (including phenoxy) is 1. The number of nitrogen functional groups attached to an aromatic ring is 2. The van der Waals surface area contributed by atoms with Gasteiger partial charge >= 0.3 is 5.97 Å². The van der Waals surface area contributed by atoms with E-state index < -0.39 is 11.5 Å². The summed E-state index contributed by atoms with van der Waals surface area (Å²) in [6, 6.07) is 11.8. The fourth-order valence-corrected chi connectivity index (χ4v) is 2.63. The molecule has 3 rings (SSSR count). The van der Waals surface area contributed by atoms with Crippen molar-refractivity contribution < 1.29 is 14.6 Å². The van der Waals surface area contributed by atoms with Crippen LogP contribution in [0.15, 0.2) is 47.3 Å². The Hall–Kier alpha value is -3.81. The average Bonchev–Trinajstić information content (AvgIpc) is 2.66. The number of hydrogen-bond donors (Lipinski definition) is 4. The Morgan fingerprint density at radius 3 is 2.59 bits per heavy atom. The molecule has 8 heteroatoms. The van der Waals surface area contributed by atoms with Crippen LogP contribution < -0.4 is 21.8 Å². The van der Waals surface area contributed by atoms with Gasteiger partial charge in [0, 0.05) is 0 Å². The van der Waals surface area contributed by atoms with Crippen molar-refractivity contribution in [2.75, 3.05) is 18.1 Å². The lowest BCUT2D eigenvalue weighted by molar-refractivity contribution is 0.0697. The van der Waals surface area contributed by atoms with Crippen LogP contribution in [0, 0.1) is 0 Å². The summed E-state index contributed by atoms with van der Waals surface area (Å²) < 4.78 is 5.69. The fraction of sp³-hybridized carbons (Fsp3) is 0.105. The lowest BCUT2D eigenvalue weighted by Gasteiger charge is -2.13. The molecule has 8 nitrogen and oxygen atoms in total. The van der Waals surface area contributed by atoms with Crippen molar-refractivity contribution in [2.24, 2.45) is 0 Å². The first-order valence-electron chi connectivity index (χ1n) is 8.17. The minimum Gasteiger partial charge on any atom is -0.493 e. The third-order valence-corrected chi connectivity index (χ3v) is 3.96. The average molecular weight is 366 g/mol. The predicted octanol–water partition coefficient (Wildman–Crippen LogP) is 2.37. The fourth-order valence-electron chi connectivity index (χ4n) is 2.63. The number of nitrogens with two attached hydrogens (primary N) is 2. The number of nitrogens with zero attached hydrogens (tertiary/aromatic N) is 1. The first kappa shape index (κ1) is 18.0. The van der Waals surface area contributed by atoms with Crippen LogP contribution in [0.1, 0.15) is 17.3 Å². The van der Waals surface area contributed by atoms with Crippen LogP contribution in [-0.4, -0.2) is 27.7 Å². The van der Waals surface area contributed by atoms with Crippen LogP contribution in [0.4, 0.5) is 11.5 Å². The van der Waals surface area contributed by atoms with Gasteiger partial charge in [-0.05, 0) is 42.3 Å². The molecule has 0 spiro atoms. The zero-order valence-corrected chi connectivity index (χ0v) is 14.5. The minimum atomic E-state index is -1.00. The number of anilines is 2. The Morgan fingerprint density at radius 2 is 1.93 bits per heavy atom. The van der Waals surface area contributed by atoms with E-state index in [0.717, 1.165) is 11.1 Å². The molecule has 2 aromatic carbocycles. The van der Waals surface area contributed by atoms with E-state index in [4.69, 9.17) is 16.2 Å². The first-order chi connectivity index (χ1) is 12.9. The molecule has 0 aliphatic rings. The summed E-state index contributed by atoms with van der Waals surface area (Å²) in [5, 5.41) is 9.17. The highest BCUT2D eigenvalue weighted by atomic mass is 16.5. The molecule has 0 atom stereocenters. The van der Waals surface area contributed by atoms with E-state index in [2.05, 4.69) is 9.97 Å². The van der Waals surface area contributed by atoms with Gasteiger partial charge in [-0.1, -0.05) is 18.2 Å². The number of carboxylic acid groups (broad SMARTS) is 1. The molecule has 0 unspecified atom stereocenters. The molecule has 0 bridgehead atoms. The van der Waals surface area contributed by atoms with Crippen LogP contribution in [0.2, 0.25) is 0 Å². The normalized spacial score (nSPS) is 10.6. The monoisotopic (exact) mass is 366 g/mol. The van der Waals surface area contributed by atoms with E-state index in [1.165, 1.54) is 6.07 Å². The summed E-state index contributed by atoms with van der Waals surface area (Å²) in [4.78, 5) is 29.8. The second-order valence-corrected chi connectivity index (χ2v) is 5.74. The number of rotatable bonds is 5. The van der Waals surface area contributed by atoms with Crippen LogP contribution in [0.25, 0.3) is 22.5 Å². The zero-order chi connectivity index (χ0) is 19.6. The van der Waals surface area contributed by atoms with E-state index in [1.807, 2.05) is 6.92 Å². The molecule has 0 amide bonds. The molecular formula is C19H18N4O4. The van der Waals surface area contributed by atoms with Gasteiger partial charge in [-0.3, -0.25) is 4.79 Å². The number of benzene rings is 2. The molecule has 27 heavy (non-hydrogen) atoms. The highest BCUT2D eigenvalue weighted by Gasteiger charge is 2.14. The quantitative estimate of drug-likeness (QED) is 0.542. The van der Waals surface area contributed by atoms with Crippen molar-refractivity contribution in [1.82, 2.24) is 9.97 Å². The molecule has 138 valence electrons. The molecule has 0 aliphatic carbocycles. The van der Waals surface area contributed by atoms with Gasteiger partial charge in [-0.25, -0.2) is 9.78 Å². The van der Waals surface area contributed by atoms with Crippen molar-refractivity contribution >= 4 is 17.5 Å². The van der Waals surface area contributed by atoms with Crippen molar-refractivity contribution in [2.45, 2.75) is 6.92 Å². The largest absolute Gasteiger partial charge is 0.493 e. The van der Waals surface area contributed by atoms with Gasteiger partial charge < -0.3 is 26.3 Å². The lowest BCUT2D eigenvalue weighted by atomic mass is 10.0. The standard InChI is InChI=1S/C19H18N4O4/c1-2-27-14-9-11(10-4-3-5-12(8-10)19(25)26)6-7-13(14)17-22-16(21)15(20)18(24)23-17/h3-9H,2,20H2,1H3,(H,25,26)(H3,21,22,23,24). The van der Waals surface area contributed by atoms with Crippen molar-refractivity contribution in [3.8, 4) is 28.3 Å². The number of aromatic nitrogens is 2. The number of carboxylic acids is 1. The third kappa shape index (κ3) is 3.59. The smallest absolute Gasteiger partial charge is 0.335 e. The Balaban J connectivity index is 2.12. The highest BCUT2D eigenvalue weighted by molar-refractivity contribution is 5.89. The van der Waals surface area contributed by atoms with E-state index in [9.17, 15) is 14.7 Å². The minimum absolute atomic E-state index is 0.0607. The van der Waals surface area contributed by atoms with Crippen LogP contribution in [0.5, 0.6) is 5.75 Å². The third-order valence-electron chi connectivity index (χ3n) is 3.96. The van der Waals surface area contributed by atoms with Gasteiger partial charge in [-0.15, -0.1) is 0 Å². The number of H-pyrrole nitrogens is 1. The Kier molecular flexibility index (Phi) is 4.80. The maximum absolute atomic E-state index is 11.9. The topological polar surface area (TPSA) is 144 Å². The van der Waals surface area contributed by atoms with Crippen LogP contribution in [0.3, 0.4) is 0 Å². The zero-order valence-electron chi connectivity index (χ0n) is 14.5. The lowest BCUT2D eigenvalue weighted by Crippen LogP contribution is -2.17. The SMILES string of the molecule is CCOc1cc(-c2cccc(C(=O)O)c2)ccc1-c1nc(N)c(N)c(=O)[nH]1. The van der Waals surface area contributed by atoms with Crippen molar-refractivity contribution in [1.29, 1.82) is 0 Å².